The van der Waals surface area contributed by atoms with Gasteiger partial charge in [-0.3, -0.25) is 4.79 Å². The van der Waals surface area contributed by atoms with Crippen LogP contribution in [0.1, 0.15) is 39.2 Å². The fourth-order valence-electron chi connectivity index (χ4n) is 6.43. The van der Waals surface area contributed by atoms with E-state index in [4.69, 9.17) is 23.2 Å². The number of rotatable bonds is 5. The predicted octanol–water partition coefficient (Wildman–Crippen LogP) is 6.17. The number of nitrogens with one attached hydrogen (secondary N) is 1. The van der Waals surface area contributed by atoms with E-state index < -0.39 is 0 Å². The van der Waals surface area contributed by atoms with Crippen molar-refractivity contribution in [3.8, 4) is 0 Å². The molecule has 3 aliphatic carbocycles. The number of hydrogen-bond acceptors (Lipinski definition) is 3. The molecule has 5 atom stereocenters. The molecule has 0 radical (unpaired) electrons. The van der Waals surface area contributed by atoms with Crippen molar-refractivity contribution in [2.24, 2.45) is 29.1 Å². The van der Waals surface area contributed by atoms with Crippen molar-refractivity contribution in [2.75, 3.05) is 18.1 Å². The standard InChI is InChI=1S/C27H32Cl2FN3O/c1-16-22-10-19(27(22,2)3)11-24(16)31-26(34)18-14-32(13-17-4-7-21(30)8-5-17)33(15-18)25-9-6-20(28)12-23(25)29/h4-9,12,16,18-19,22,24H,10-11,13-15H2,1-3H3,(H,31,34)/t16-,18?,19+,22-,24?/m1/s1. The molecule has 2 aromatic carbocycles. The number of carbonyl (C=O) groups is 1. The summed E-state index contributed by atoms with van der Waals surface area (Å²) in [5.41, 5.74) is 2.18. The molecule has 4 aliphatic rings. The molecule has 1 aliphatic heterocycles. The summed E-state index contributed by atoms with van der Waals surface area (Å²) in [7, 11) is 0. The van der Waals surface area contributed by atoms with Crippen molar-refractivity contribution in [1.82, 2.24) is 10.3 Å². The molecule has 1 heterocycles. The second-order valence-electron chi connectivity index (χ2n) is 10.9. The first-order chi connectivity index (χ1) is 16.1. The third-order valence-electron chi connectivity index (χ3n) is 8.68. The Balaban J connectivity index is 1.33. The van der Waals surface area contributed by atoms with Crippen LogP contribution in [0.25, 0.3) is 0 Å². The molecule has 4 nitrogen and oxygen atoms in total. The van der Waals surface area contributed by atoms with Gasteiger partial charge in [0.2, 0.25) is 5.91 Å². The van der Waals surface area contributed by atoms with Crippen LogP contribution in [0.15, 0.2) is 42.5 Å². The van der Waals surface area contributed by atoms with E-state index in [1.54, 1.807) is 18.2 Å². The van der Waals surface area contributed by atoms with E-state index in [-0.39, 0.29) is 23.7 Å². The van der Waals surface area contributed by atoms with Crippen LogP contribution in [-0.2, 0) is 11.3 Å². The highest BCUT2D eigenvalue weighted by Crippen LogP contribution is 2.61. The highest BCUT2D eigenvalue weighted by molar-refractivity contribution is 6.36. The number of fused-ring (bicyclic) bond motifs is 2. The van der Waals surface area contributed by atoms with Gasteiger partial charge in [-0.25, -0.2) is 9.40 Å². The van der Waals surface area contributed by atoms with Crippen LogP contribution in [0.2, 0.25) is 10.0 Å². The number of hydrazine groups is 1. The van der Waals surface area contributed by atoms with Crippen LogP contribution in [0, 0.1) is 34.9 Å². The minimum absolute atomic E-state index is 0.104. The van der Waals surface area contributed by atoms with Gasteiger partial charge < -0.3 is 10.3 Å². The quantitative estimate of drug-likeness (QED) is 0.529. The summed E-state index contributed by atoms with van der Waals surface area (Å²) >= 11 is 12.7. The maximum absolute atomic E-state index is 13.4. The number of hydrogen-bond donors (Lipinski definition) is 1. The van der Waals surface area contributed by atoms with Crippen molar-refractivity contribution < 1.29 is 9.18 Å². The molecule has 2 bridgehead atoms. The van der Waals surface area contributed by atoms with Gasteiger partial charge in [0, 0.05) is 30.7 Å². The molecule has 0 spiro atoms. The van der Waals surface area contributed by atoms with Crippen LogP contribution in [-0.4, -0.2) is 30.0 Å². The number of nitrogens with zero attached hydrogens (tertiary/aromatic N) is 2. The molecule has 1 saturated heterocycles. The zero-order valence-electron chi connectivity index (χ0n) is 19.9. The first-order valence-electron chi connectivity index (χ1n) is 12.2. The lowest BCUT2D eigenvalue weighted by molar-refractivity contribution is -0.136. The number of amides is 1. The van der Waals surface area contributed by atoms with Crippen LogP contribution in [0.3, 0.4) is 0 Å². The van der Waals surface area contributed by atoms with Gasteiger partial charge in [0.05, 0.1) is 16.6 Å². The molecule has 6 rings (SSSR count). The SMILES string of the molecule is C[C@H]1C(NC(=O)C2CN(Cc3ccc(F)cc3)N(c3ccc(Cl)cc3Cl)C2)C[C@@H]2C[C@H]1C2(C)C. The predicted molar refractivity (Wildman–Crippen MR) is 135 cm³/mol. The van der Waals surface area contributed by atoms with E-state index in [2.05, 4.69) is 36.1 Å². The molecule has 182 valence electrons. The topological polar surface area (TPSA) is 35.6 Å². The smallest absolute Gasteiger partial charge is 0.226 e. The second kappa shape index (κ2) is 9.00. The Labute approximate surface area is 211 Å². The minimum Gasteiger partial charge on any atom is -0.353 e. The maximum atomic E-state index is 13.4. The van der Waals surface area contributed by atoms with Gasteiger partial charge in [-0.1, -0.05) is 56.1 Å². The van der Waals surface area contributed by atoms with Gasteiger partial charge >= 0.3 is 0 Å². The highest BCUT2D eigenvalue weighted by atomic mass is 35.5. The normalized spacial score (nSPS) is 30.2. The third kappa shape index (κ3) is 4.31. The van der Waals surface area contributed by atoms with Gasteiger partial charge in [0.15, 0.2) is 0 Å². The van der Waals surface area contributed by atoms with Crippen LogP contribution < -0.4 is 10.3 Å². The summed E-state index contributed by atoms with van der Waals surface area (Å²) < 4.78 is 13.4. The van der Waals surface area contributed by atoms with E-state index in [0.717, 1.165) is 17.7 Å². The van der Waals surface area contributed by atoms with Crippen LogP contribution >= 0.6 is 23.2 Å². The van der Waals surface area contributed by atoms with E-state index in [1.165, 1.54) is 18.6 Å². The van der Waals surface area contributed by atoms with E-state index >= 15 is 0 Å². The highest BCUT2D eigenvalue weighted by Gasteiger charge is 2.56. The lowest BCUT2D eigenvalue weighted by Crippen LogP contribution is -2.61. The zero-order chi connectivity index (χ0) is 24.2. The monoisotopic (exact) mass is 503 g/mol. The molecule has 1 amide bonds. The summed E-state index contributed by atoms with van der Waals surface area (Å²) in [5.74, 6) is 1.52. The van der Waals surface area contributed by atoms with Crippen molar-refractivity contribution in [3.05, 3.63) is 63.9 Å². The number of anilines is 1. The Kier molecular flexibility index (Phi) is 6.33. The van der Waals surface area contributed by atoms with Crippen molar-refractivity contribution in [3.63, 3.8) is 0 Å². The van der Waals surface area contributed by atoms with Gasteiger partial charge in [0.25, 0.3) is 0 Å². The molecule has 3 saturated carbocycles. The molecule has 1 N–H and O–H groups in total. The fourth-order valence-corrected chi connectivity index (χ4v) is 6.94. The van der Waals surface area contributed by atoms with Crippen molar-refractivity contribution in [1.29, 1.82) is 0 Å². The van der Waals surface area contributed by atoms with Crippen molar-refractivity contribution >= 4 is 34.8 Å². The van der Waals surface area contributed by atoms with Gasteiger partial charge in [0.1, 0.15) is 5.82 Å². The van der Waals surface area contributed by atoms with Crippen LogP contribution in [0.5, 0.6) is 0 Å². The molecule has 34 heavy (non-hydrogen) atoms. The lowest BCUT2D eigenvalue weighted by atomic mass is 9.45. The largest absolute Gasteiger partial charge is 0.353 e. The summed E-state index contributed by atoms with van der Waals surface area (Å²) in [5, 5.41) is 8.70. The van der Waals surface area contributed by atoms with E-state index in [0.29, 0.717) is 52.8 Å². The lowest BCUT2D eigenvalue weighted by Gasteiger charge is -2.62. The number of carbonyl (C=O) groups excluding carboxylic acids is 1. The molecule has 0 aromatic heterocycles. The summed E-state index contributed by atoms with van der Waals surface area (Å²) in [6.07, 6.45) is 2.35. The molecular weight excluding hydrogens is 472 g/mol. The first kappa shape index (κ1) is 23.9. The Morgan fingerprint density at radius 3 is 2.50 bits per heavy atom. The van der Waals surface area contributed by atoms with Gasteiger partial charge in [-0.2, -0.15) is 0 Å². The average molecular weight is 504 g/mol. The van der Waals surface area contributed by atoms with Crippen LogP contribution in [0.4, 0.5) is 10.1 Å². The summed E-state index contributed by atoms with van der Waals surface area (Å²) in [4.78, 5) is 13.4. The Bertz CT molecular complexity index is 1080. The van der Waals surface area contributed by atoms with Crippen molar-refractivity contribution in [2.45, 2.75) is 46.2 Å². The Hall–Kier alpha value is -1.82. The second-order valence-corrected chi connectivity index (χ2v) is 11.8. The maximum Gasteiger partial charge on any atom is 0.226 e. The number of halogens is 3. The average Bonchev–Trinajstić information content (AvgIpc) is 3.20. The fraction of sp³-hybridized carbons (Fsp3) is 0.519. The summed E-state index contributed by atoms with van der Waals surface area (Å²) in [6.45, 7) is 8.70. The zero-order valence-corrected chi connectivity index (χ0v) is 21.4. The number of benzene rings is 2. The van der Waals surface area contributed by atoms with E-state index in [9.17, 15) is 9.18 Å². The molecule has 2 aromatic rings. The Morgan fingerprint density at radius 1 is 1.12 bits per heavy atom. The third-order valence-corrected chi connectivity index (χ3v) is 9.22. The van der Waals surface area contributed by atoms with Gasteiger partial charge in [-0.05, 0) is 71.9 Å². The summed E-state index contributed by atoms with van der Waals surface area (Å²) in [6, 6.07) is 12.1. The molecular formula is C27H32Cl2FN3O. The van der Waals surface area contributed by atoms with E-state index in [1.807, 2.05) is 12.1 Å². The molecule has 4 fully saturated rings. The van der Waals surface area contributed by atoms with Gasteiger partial charge in [-0.15, -0.1) is 0 Å². The minimum atomic E-state index is -0.261. The first-order valence-corrected chi connectivity index (χ1v) is 12.9. The molecule has 7 heteroatoms. The Morgan fingerprint density at radius 2 is 1.85 bits per heavy atom. The molecule has 2 unspecified atom stereocenters.